The van der Waals surface area contributed by atoms with Gasteiger partial charge in [-0.3, -0.25) is 9.59 Å². The molecule has 0 radical (unpaired) electrons. The number of anilines is 2. The number of carbonyl (C=O) groups excluding carboxylic acids is 1. The summed E-state index contributed by atoms with van der Waals surface area (Å²) in [5.74, 6) is -1.30. The molecule has 1 heterocycles. The first-order valence-electron chi connectivity index (χ1n) is 9.67. The fourth-order valence-corrected chi connectivity index (χ4v) is 3.18. The fraction of sp³-hybridized carbons (Fsp3) is 0.227. The minimum absolute atomic E-state index is 0.00966. The van der Waals surface area contributed by atoms with E-state index < -0.39 is 51.9 Å². The molecule has 12 heteroatoms. The number of nitrogens with one attached hydrogen (secondary N) is 1. The summed E-state index contributed by atoms with van der Waals surface area (Å²) in [6.07, 6.45) is -9.59. The summed E-state index contributed by atoms with van der Waals surface area (Å²) in [7, 11) is 3.07. The normalized spacial score (nSPS) is 11.9. The number of alkyl halides is 6. The van der Waals surface area contributed by atoms with Crippen molar-refractivity contribution in [1.82, 2.24) is 9.78 Å². The Labute approximate surface area is 189 Å². The van der Waals surface area contributed by atoms with Crippen LogP contribution in [0, 0.1) is 6.92 Å². The predicted molar refractivity (Wildman–Crippen MR) is 113 cm³/mol. The first kappa shape index (κ1) is 24.8. The number of halogens is 6. The fourth-order valence-electron chi connectivity index (χ4n) is 3.18. The van der Waals surface area contributed by atoms with Crippen molar-refractivity contribution in [2.75, 3.05) is 24.3 Å². The Morgan fingerprint density at radius 2 is 1.56 bits per heavy atom. The summed E-state index contributed by atoms with van der Waals surface area (Å²) in [6.45, 7) is 1.31. The van der Waals surface area contributed by atoms with E-state index in [1.165, 1.54) is 38.1 Å². The number of rotatable bonds is 4. The Bertz CT molecular complexity index is 1300. The highest BCUT2D eigenvalue weighted by Gasteiger charge is 2.36. The largest absolute Gasteiger partial charge is 0.418 e. The summed E-state index contributed by atoms with van der Waals surface area (Å²) in [5.41, 5.74) is -4.95. The van der Waals surface area contributed by atoms with E-state index in [2.05, 4.69) is 5.10 Å². The summed E-state index contributed by atoms with van der Waals surface area (Å²) in [5, 5.41) is 5.76. The molecule has 34 heavy (non-hydrogen) atoms. The van der Waals surface area contributed by atoms with Gasteiger partial charge in [0.15, 0.2) is 5.69 Å². The Morgan fingerprint density at radius 1 is 0.941 bits per heavy atom. The second kappa shape index (κ2) is 8.84. The van der Waals surface area contributed by atoms with E-state index in [9.17, 15) is 35.9 Å². The number of para-hydroxylation sites is 1. The number of hydrogen-bond donors (Lipinski definition) is 1. The van der Waals surface area contributed by atoms with Gasteiger partial charge in [0.2, 0.25) is 5.43 Å². The topological polar surface area (TPSA) is 67.2 Å². The summed E-state index contributed by atoms with van der Waals surface area (Å²) >= 11 is 0. The van der Waals surface area contributed by atoms with Crippen LogP contribution in [0.25, 0.3) is 5.69 Å². The number of nitrogens with zero attached hydrogens (tertiary/aromatic N) is 3. The molecule has 0 aliphatic rings. The minimum atomic E-state index is -4.83. The number of hydrogen-bond acceptors (Lipinski definition) is 4. The van der Waals surface area contributed by atoms with Crippen molar-refractivity contribution in [3.05, 3.63) is 81.3 Å². The maximum absolute atomic E-state index is 13.6. The average molecular weight is 484 g/mol. The van der Waals surface area contributed by atoms with Crippen molar-refractivity contribution in [3.63, 3.8) is 0 Å². The monoisotopic (exact) mass is 484 g/mol. The van der Waals surface area contributed by atoms with Crippen molar-refractivity contribution < 1.29 is 31.1 Å². The Balaban J connectivity index is 2.09. The zero-order chi connectivity index (χ0) is 25.4. The van der Waals surface area contributed by atoms with Gasteiger partial charge in [-0.05, 0) is 37.3 Å². The van der Waals surface area contributed by atoms with Gasteiger partial charge >= 0.3 is 12.4 Å². The zero-order valence-corrected chi connectivity index (χ0v) is 18.0. The van der Waals surface area contributed by atoms with Gasteiger partial charge in [0, 0.05) is 31.5 Å². The molecule has 0 unspecified atom stereocenters. The molecule has 6 nitrogen and oxygen atoms in total. The van der Waals surface area contributed by atoms with Crippen molar-refractivity contribution in [1.29, 1.82) is 0 Å². The van der Waals surface area contributed by atoms with Crippen molar-refractivity contribution in [2.45, 2.75) is 19.3 Å². The second-order valence-electron chi connectivity index (χ2n) is 7.50. The molecule has 180 valence electrons. The third kappa shape index (κ3) is 5.05. The summed E-state index contributed by atoms with van der Waals surface area (Å²) in [6, 6.07) is 8.41. The van der Waals surface area contributed by atoms with Crippen molar-refractivity contribution >= 4 is 17.3 Å². The molecule has 2 aromatic carbocycles. The van der Waals surface area contributed by atoms with Gasteiger partial charge in [-0.25, -0.2) is 4.68 Å². The van der Waals surface area contributed by atoms with Crippen LogP contribution in [-0.2, 0) is 12.4 Å². The Morgan fingerprint density at radius 3 is 2.15 bits per heavy atom. The molecule has 0 atom stereocenters. The lowest BCUT2D eigenvalue weighted by Crippen LogP contribution is -2.28. The van der Waals surface area contributed by atoms with Gasteiger partial charge < -0.3 is 10.2 Å². The lowest BCUT2D eigenvalue weighted by molar-refractivity contribution is -0.138. The molecular weight excluding hydrogens is 466 g/mol. The molecule has 0 aliphatic carbocycles. The molecule has 1 aromatic heterocycles. The van der Waals surface area contributed by atoms with E-state index in [0.717, 1.165) is 41.1 Å². The highest BCUT2D eigenvalue weighted by atomic mass is 19.4. The van der Waals surface area contributed by atoms with E-state index in [4.69, 9.17) is 0 Å². The standard InChI is InChI=1S/C22H18F6N4O2/c1-12-10-18(33)19(30-32(12)17-7-5-4-6-14(17)21(23,24)25)20(34)29-16-9-8-13(31(2)3)11-15(16)22(26,27)28/h4-11H,1-3H3,(H,29,34). The SMILES string of the molecule is Cc1cc(=O)c(C(=O)Nc2ccc(N(C)C)cc2C(F)(F)F)nn1-c1ccccc1C(F)(F)F. The maximum atomic E-state index is 13.6. The number of carbonyl (C=O) groups is 1. The van der Waals surface area contributed by atoms with E-state index in [1.807, 2.05) is 5.32 Å². The summed E-state index contributed by atoms with van der Waals surface area (Å²) < 4.78 is 81.8. The molecule has 1 amide bonds. The molecule has 3 aromatic rings. The van der Waals surface area contributed by atoms with Gasteiger partial charge in [-0.15, -0.1) is 0 Å². The Hall–Kier alpha value is -3.83. The number of aromatic nitrogens is 2. The molecule has 0 fully saturated rings. The van der Waals surface area contributed by atoms with Crippen LogP contribution in [-0.4, -0.2) is 29.8 Å². The minimum Gasteiger partial charge on any atom is -0.378 e. The van der Waals surface area contributed by atoms with E-state index in [0.29, 0.717) is 0 Å². The number of aryl methyl sites for hydroxylation is 1. The highest BCUT2D eigenvalue weighted by molar-refractivity contribution is 6.03. The second-order valence-corrected chi connectivity index (χ2v) is 7.50. The van der Waals surface area contributed by atoms with E-state index >= 15 is 0 Å². The predicted octanol–water partition coefficient (Wildman–Crippen LogP) is 4.90. The third-order valence-corrected chi connectivity index (χ3v) is 4.83. The maximum Gasteiger partial charge on any atom is 0.418 e. The quantitative estimate of drug-likeness (QED) is 0.536. The molecule has 0 saturated carbocycles. The molecular formula is C22H18F6N4O2. The average Bonchev–Trinajstić information content (AvgIpc) is 2.72. The number of amides is 1. The van der Waals surface area contributed by atoms with Gasteiger partial charge in [-0.2, -0.15) is 31.4 Å². The molecule has 0 bridgehead atoms. The van der Waals surface area contributed by atoms with Crippen LogP contribution in [0.3, 0.4) is 0 Å². The van der Waals surface area contributed by atoms with Crippen molar-refractivity contribution in [2.24, 2.45) is 0 Å². The molecule has 0 saturated heterocycles. The summed E-state index contributed by atoms with van der Waals surface area (Å²) in [4.78, 5) is 26.5. The van der Waals surface area contributed by atoms with Crippen LogP contribution < -0.4 is 15.6 Å². The number of benzene rings is 2. The van der Waals surface area contributed by atoms with Crippen LogP contribution in [0.1, 0.15) is 27.3 Å². The van der Waals surface area contributed by atoms with Crippen LogP contribution in [0.2, 0.25) is 0 Å². The van der Waals surface area contributed by atoms with Gasteiger partial charge in [0.25, 0.3) is 5.91 Å². The van der Waals surface area contributed by atoms with Crippen LogP contribution in [0.5, 0.6) is 0 Å². The first-order valence-corrected chi connectivity index (χ1v) is 9.67. The highest BCUT2D eigenvalue weighted by Crippen LogP contribution is 2.37. The molecule has 1 N–H and O–H groups in total. The van der Waals surface area contributed by atoms with Crippen LogP contribution >= 0.6 is 0 Å². The van der Waals surface area contributed by atoms with Crippen LogP contribution in [0.4, 0.5) is 37.7 Å². The van der Waals surface area contributed by atoms with E-state index in [1.54, 1.807) is 0 Å². The lowest BCUT2D eigenvalue weighted by atomic mass is 10.1. The van der Waals surface area contributed by atoms with Gasteiger partial charge in [-0.1, -0.05) is 12.1 Å². The molecule has 0 spiro atoms. The first-order chi connectivity index (χ1) is 15.7. The lowest BCUT2D eigenvalue weighted by Gasteiger charge is -2.19. The zero-order valence-electron chi connectivity index (χ0n) is 18.0. The van der Waals surface area contributed by atoms with Crippen LogP contribution in [0.15, 0.2) is 53.3 Å². The van der Waals surface area contributed by atoms with Crippen molar-refractivity contribution in [3.8, 4) is 5.69 Å². The van der Waals surface area contributed by atoms with Gasteiger partial charge in [0.05, 0.1) is 22.5 Å². The Kier molecular flexibility index (Phi) is 6.45. The van der Waals surface area contributed by atoms with E-state index in [-0.39, 0.29) is 11.4 Å². The third-order valence-electron chi connectivity index (χ3n) is 4.83. The molecule has 3 rings (SSSR count). The van der Waals surface area contributed by atoms with Gasteiger partial charge in [0.1, 0.15) is 0 Å². The smallest absolute Gasteiger partial charge is 0.378 e. The molecule has 0 aliphatic heterocycles.